The van der Waals surface area contributed by atoms with Crippen LogP contribution >= 0.6 is 0 Å². The Bertz CT molecular complexity index is 752. The van der Waals surface area contributed by atoms with Gasteiger partial charge in [0, 0.05) is 6.54 Å². The van der Waals surface area contributed by atoms with E-state index in [1.165, 1.54) is 116 Å². The Morgan fingerprint density at radius 1 is 0.511 bits per heavy atom. The molecule has 0 atom stereocenters. The van der Waals surface area contributed by atoms with Gasteiger partial charge in [-0.25, -0.2) is 9.59 Å². The summed E-state index contributed by atoms with van der Waals surface area (Å²) in [6, 6.07) is 0. The minimum Gasteiger partial charge on any atom is -0.456 e. The van der Waals surface area contributed by atoms with Crippen molar-refractivity contribution in [3.05, 3.63) is 48.6 Å². The molecule has 0 amide bonds. The molecule has 0 rings (SSSR count). The van der Waals surface area contributed by atoms with Gasteiger partial charge in [0.1, 0.15) is 12.7 Å². The molecule has 0 aliphatic heterocycles. The van der Waals surface area contributed by atoms with Crippen LogP contribution in [-0.2, 0) is 19.1 Å². The molecule has 5 heteroatoms. The third-order valence-corrected chi connectivity index (χ3v) is 8.48. The lowest BCUT2D eigenvalue weighted by Crippen LogP contribution is -2.28. The van der Waals surface area contributed by atoms with Crippen LogP contribution in [0.25, 0.3) is 0 Å². The molecule has 0 heterocycles. The first-order valence-corrected chi connectivity index (χ1v) is 19.8. The molecule has 0 spiro atoms. The first-order valence-electron chi connectivity index (χ1n) is 19.8. The maximum absolute atomic E-state index is 12.4. The third kappa shape index (κ3) is 35.0. The molecule has 0 radical (unpaired) electrons. The van der Waals surface area contributed by atoms with Crippen LogP contribution in [0.15, 0.2) is 48.6 Å². The zero-order valence-electron chi connectivity index (χ0n) is 31.1. The summed E-state index contributed by atoms with van der Waals surface area (Å²) in [5.41, 5.74) is 0. The highest BCUT2D eigenvalue weighted by atomic mass is 16.6. The Labute approximate surface area is 291 Å². The molecule has 0 aromatic rings. The van der Waals surface area contributed by atoms with Gasteiger partial charge in [0.15, 0.2) is 0 Å². The number of carbonyl (C=O) groups is 2. The highest BCUT2D eigenvalue weighted by molar-refractivity contribution is 6.29. The highest BCUT2D eigenvalue weighted by Crippen LogP contribution is 2.18. The SMILES string of the molecule is CCCCC/C=C\C/C=C\CCCCCCCCC(CCCCCCCC/C=C\C/C=C\CCCCC)OC(=O)C(=O)OCCNC. The molecule has 0 aliphatic carbocycles. The average Bonchev–Trinajstić information content (AvgIpc) is 3.07. The van der Waals surface area contributed by atoms with Crippen LogP contribution in [0.1, 0.15) is 181 Å². The van der Waals surface area contributed by atoms with Crippen molar-refractivity contribution in [2.75, 3.05) is 20.2 Å². The zero-order valence-corrected chi connectivity index (χ0v) is 31.1. The lowest BCUT2D eigenvalue weighted by atomic mass is 10.0. The molecule has 0 unspecified atom stereocenters. The van der Waals surface area contributed by atoms with Crippen molar-refractivity contribution in [2.45, 2.75) is 187 Å². The number of hydrogen-bond donors (Lipinski definition) is 1. The van der Waals surface area contributed by atoms with Crippen molar-refractivity contribution >= 4 is 11.9 Å². The first-order chi connectivity index (χ1) is 23.2. The minimum atomic E-state index is -0.876. The Morgan fingerprint density at radius 3 is 1.30 bits per heavy atom. The summed E-state index contributed by atoms with van der Waals surface area (Å²) in [4.78, 5) is 24.4. The summed E-state index contributed by atoms with van der Waals surface area (Å²) in [6.45, 7) is 5.19. The maximum Gasteiger partial charge on any atom is 0.417 e. The van der Waals surface area contributed by atoms with E-state index in [4.69, 9.17) is 9.47 Å². The van der Waals surface area contributed by atoms with Crippen LogP contribution in [0, 0.1) is 0 Å². The topological polar surface area (TPSA) is 64.6 Å². The Morgan fingerprint density at radius 2 is 0.894 bits per heavy atom. The van der Waals surface area contributed by atoms with Crippen LogP contribution in [0.5, 0.6) is 0 Å². The van der Waals surface area contributed by atoms with E-state index < -0.39 is 11.9 Å². The normalized spacial score (nSPS) is 12.1. The minimum absolute atomic E-state index is 0.174. The fourth-order valence-electron chi connectivity index (χ4n) is 5.49. The Balaban J connectivity index is 4.12. The fourth-order valence-corrected chi connectivity index (χ4v) is 5.49. The first kappa shape index (κ1) is 44.9. The molecule has 0 aromatic heterocycles. The number of esters is 2. The number of likely N-dealkylation sites (N-methyl/N-ethyl adjacent to an activating group) is 1. The maximum atomic E-state index is 12.4. The van der Waals surface area contributed by atoms with Crippen molar-refractivity contribution < 1.29 is 19.1 Å². The second-order valence-corrected chi connectivity index (χ2v) is 13.0. The van der Waals surface area contributed by atoms with E-state index >= 15 is 0 Å². The molecule has 47 heavy (non-hydrogen) atoms. The van der Waals surface area contributed by atoms with E-state index in [0.717, 1.165) is 51.4 Å². The number of hydrogen-bond acceptors (Lipinski definition) is 5. The van der Waals surface area contributed by atoms with Gasteiger partial charge in [-0.1, -0.05) is 140 Å². The second-order valence-electron chi connectivity index (χ2n) is 13.0. The van der Waals surface area contributed by atoms with Gasteiger partial charge in [0.2, 0.25) is 0 Å². The van der Waals surface area contributed by atoms with E-state index in [1.807, 2.05) is 0 Å². The molecular weight excluding hydrogens is 582 g/mol. The predicted molar refractivity (Wildman–Crippen MR) is 203 cm³/mol. The molecule has 0 aromatic carbocycles. The predicted octanol–water partition coefficient (Wildman–Crippen LogP) is 12.1. The van der Waals surface area contributed by atoms with E-state index in [9.17, 15) is 9.59 Å². The lowest BCUT2D eigenvalue weighted by molar-refractivity contribution is -0.171. The summed E-state index contributed by atoms with van der Waals surface area (Å²) in [7, 11) is 1.78. The number of unbranched alkanes of at least 4 members (excludes halogenated alkanes) is 18. The molecule has 1 N–H and O–H groups in total. The summed E-state index contributed by atoms with van der Waals surface area (Å²) in [5.74, 6) is -1.72. The fraction of sp³-hybridized carbons (Fsp3) is 0.762. The van der Waals surface area contributed by atoms with Crippen LogP contribution in [0.4, 0.5) is 0 Å². The summed E-state index contributed by atoms with van der Waals surface area (Å²) < 4.78 is 10.7. The van der Waals surface area contributed by atoms with Crippen molar-refractivity contribution in [2.24, 2.45) is 0 Å². The standard InChI is InChI=1S/C42H75NO4/c1-4-6-8-10-12-14-16-18-20-22-24-26-28-30-32-34-36-40(47-42(45)41(44)46-39-38-43-3)37-35-33-31-29-27-25-23-21-19-17-15-13-11-9-7-5-2/h12-15,18-21,40,43H,4-11,16-17,22-39H2,1-3H3/b14-12-,15-13-,20-18-,21-19-. The van der Waals surface area contributed by atoms with Gasteiger partial charge >= 0.3 is 11.9 Å². The summed E-state index contributed by atoms with van der Waals surface area (Å²) >= 11 is 0. The van der Waals surface area contributed by atoms with Crippen LogP contribution < -0.4 is 5.32 Å². The van der Waals surface area contributed by atoms with E-state index in [0.29, 0.717) is 6.54 Å². The molecule has 0 saturated carbocycles. The number of allylic oxidation sites excluding steroid dienone is 8. The van der Waals surface area contributed by atoms with Crippen LogP contribution in [0.2, 0.25) is 0 Å². The van der Waals surface area contributed by atoms with Gasteiger partial charge in [-0.05, 0) is 96.9 Å². The van der Waals surface area contributed by atoms with Gasteiger partial charge in [-0.2, -0.15) is 0 Å². The highest BCUT2D eigenvalue weighted by Gasteiger charge is 2.22. The van der Waals surface area contributed by atoms with Gasteiger partial charge in [-0.15, -0.1) is 0 Å². The largest absolute Gasteiger partial charge is 0.456 e. The molecule has 5 nitrogen and oxygen atoms in total. The smallest absolute Gasteiger partial charge is 0.417 e. The number of carbonyl (C=O) groups excluding carboxylic acids is 2. The Kier molecular flexibility index (Phi) is 36.6. The van der Waals surface area contributed by atoms with Gasteiger partial charge in [0.05, 0.1) is 0 Å². The lowest BCUT2D eigenvalue weighted by Gasteiger charge is -2.17. The molecular formula is C42H75NO4. The van der Waals surface area contributed by atoms with Crippen LogP contribution in [-0.4, -0.2) is 38.2 Å². The Hall–Kier alpha value is -2.14. The zero-order chi connectivity index (χ0) is 34.3. The van der Waals surface area contributed by atoms with Crippen molar-refractivity contribution in [1.82, 2.24) is 5.32 Å². The van der Waals surface area contributed by atoms with Crippen molar-refractivity contribution in [3.63, 3.8) is 0 Å². The van der Waals surface area contributed by atoms with Gasteiger partial charge < -0.3 is 14.8 Å². The van der Waals surface area contributed by atoms with Crippen molar-refractivity contribution in [3.8, 4) is 0 Å². The molecule has 272 valence electrons. The number of nitrogens with one attached hydrogen (secondary N) is 1. The number of ether oxygens (including phenoxy) is 2. The molecule has 0 fully saturated rings. The summed E-state index contributed by atoms with van der Waals surface area (Å²) in [5, 5.41) is 2.91. The molecule has 0 bridgehead atoms. The van der Waals surface area contributed by atoms with E-state index in [2.05, 4.69) is 67.8 Å². The summed E-state index contributed by atoms with van der Waals surface area (Å²) in [6.07, 6.45) is 48.9. The average molecular weight is 658 g/mol. The van der Waals surface area contributed by atoms with Gasteiger partial charge in [0.25, 0.3) is 0 Å². The second kappa shape index (κ2) is 38.3. The van der Waals surface area contributed by atoms with Gasteiger partial charge in [-0.3, -0.25) is 0 Å². The van der Waals surface area contributed by atoms with Crippen molar-refractivity contribution in [1.29, 1.82) is 0 Å². The van der Waals surface area contributed by atoms with E-state index in [1.54, 1.807) is 7.05 Å². The monoisotopic (exact) mass is 658 g/mol. The van der Waals surface area contributed by atoms with Crippen LogP contribution in [0.3, 0.4) is 0 Å². The quantitative estimate of drug-likeness (QED) is 0.0323. The number of rotatable bonds is 34. The van der Waals surface area contributed by atoms with E-state index in [-0.39, 0.29) is 12.7 Å². The third-order valence-electron chi connectivity index (χ3n) is 8.48. The molecule has 0 saturated heterocycles. The molecule has 0 aliphatic rings.